The van der Waals surface area contributed by atoms with Crippen LogP contribution >= 0.6 is 15.9 Å². The number of benzene rings is 1. The van der Waals surface area contributed by atoms with E-state index >= 15 is 0 Å². The van der Waals surface area contributed by atoms with Gasteiger partial charge in [-0.15, -0.1) is 0 Å². The predicted octanol–water partition coefficient (Wildman–Crippen LogP) is 3.21. The van der Waals surface area contributed by atoms with E-state index in [1.807, 2.05) is 24.3 Å². The minimum Gasteiger partial charge on any atom is -0.476 e. The SMILES string of the molecule is O=C(O)c1cc(C2CC2)n(-c2ccccc2Br)n1. The van der Waals surface area contributed by atoms with Crippen LogP contribution in [0.15, 0.2) is 34.8 Å². The summed E-state index contributed by atoms with van der Waals surface area (Å²) in [5.41, 5.74) is 1.97. The molecule has 1 aromatic carbocycles. The van der Waals surface area contributed by atoms with E-state index in [1.54, 1.807) is 10.7 Å². The van der Waals surface area contributed by atoms with Crippen LogP contribution in [0.25, 0.3) is 5.69 Å². The van der Waals surface area contributed by atoms with Crippen molar-refractivity contribution in [3.05, 3.63) is 46.2 Å². The van der Waals surface area contributed by atoms with Crippen LogP contribution in [0, 0.1) is 0 Å². The Balaban J connectivity index is 2.15. The summed E-state index contributed by atoms with van der Waals surface area (Å²) >= 11 is 3.47. The summed E-state index contributed by atoms with van der Waals surface area (Å²) in [4.78, 5) is 11.0. The summed E-state index contributed by atoms with van der Waals surface area (Å²) in [6.07, 6.45) is 2.21. The lowest BCUT2D eigenvalue weighted by Crippen LogP contribution is -2.03. The lowest BCUT2D eigenvalue weighted by atomic mass is 10.2. The van der Waals surface area contributed by atoms with Crippen molar-refractivity contribution in [2.24, 2.45) is 0 Å². The molecule has 0 radical (unpaired) electrons. The first-order valence-electron chi connectivity index (χ1n) is 5.75. The molecule has 1 heterocycles. The zero-order valence-electron chi connectivity index (χ0n) is 9.51. The number of halogens is 1. The van der Waals surface area contributed by atoms with Crippen LogP contribution in [-0.4, -0.2) is 20.9 Å². The first-order valence-corrected chi connectivity index (χ1v) is 6.54. The minimum absolute atomic E-state index is 0.104. The molecule has 5 heteroatoms. The van der Waals surface area contributed by atoms with E-state index in [0.29, 0.717) is 5.92 Å². The number of carboxylic acid groups (broad SMARTS) is 1. The van der Waals surface area contributed by atoms with E-state index < -0.39 is 5.97 Å². The Labute approximate surface area is 112 Å². The van der Waals surface area contributed by atoms with E-state index in [1.165, 1.54) is 0 Å². The van der Waals surface area contributed by atoms with Crippen molar-refractivity contribution in [3.63, 3.8) is 0 Å². The number of rotatable bonds is 3. The lowest BCUT2D eigenvalue weighted by Gasteiger charge is -2.08. The highest BCUT2D eigenvalue weighted by Gasteiger charge is 2.30. The lowest BCUT2D eigenvalue weighted by molar-refractivity contribution is 0.0690. The van der Waals surface area contributed by atoms with Gasteiger partial charge in [0.25, 0.3) is 0 Å². The molecule has 3 rings (SSSR count). The third kappa shape index (κ3) is 1.95. The first-order chi connectivity index (χ1) is 8.66. The van der Waals surface area contributed by atoms with Crippen molar-refractivity contribution in [3.8, 4) is 5.69 Å². The Hall–Kier alpha value is -1.62. The standard InChI is InChI=1S/C13H11BrN2O2/c14-9-3-1-2-4-11(9)16-12(8-5-6-8)7-10(15-16)13(17)18/h1-4,7-8H,5-6H2,(H,17,18). The number of nitrogens with zero attached hydrogens (tertiary/aromatic N) is 2. The largest absolute Gasteiger partial charge is 0.476 e. The van der Waals surface area contributed by atoms with Gasteiger partial charge in [-0.25, -0.2) is 9.48 Å². The second-order valence-corrected chi connectivity index (χ2v) is 5.25. The molecule has 0 atom stereocenters. The number of hydrogen-bond acceptors (Lipinski definition) is 2. The third-order valence-electron chi connectivity index (χ3n) is 3.03. The van der Waals surface area contributed by atoms with E-state index in [0.717, 1.165) is 28.7 Å². The van der Waals surface area contributed by atoms with Gasteiger partial charge in [0.2, 0.25) is 0 Å². The predicted molar refractivity (Wildman–Crippen MR) is 70.2 cm³/mol. The number of carboxylic acids is 1. The quantitative estimate of drug-likeness (QED) is 0.947. The zero-order valence-corrected chi connectivity index (χ0v) is 11.1. The van der Waals surface area contributed by atoms with Gasteiger partial charge in [0.05, 0.1) is 5.69 Å². The van der Waals surface area contributed by atoms with Crippen LogP contribution in [0.3, 0.4) is 0 Å². The fourth-order valence-electron chi connectivity index (χ4n) is 1.99. The molecule has 1 aromatic heterocycles. The fraction of sp³-hybridized carbons (Fsp3) is 0.231. The van der Waals surface area contributed by atoms with Gasteiger partial charge < -0.3 is 5.11 Å². The van der Waals surface area contributed by atoms with Crippen molar-refractivity contribution >= 4 is 21.9 Å². The molecular weight excluding hydrogens is 296 g/mol. The van der Waals surface area contributed by atoms with E-state index in [4.69, 9.17) is 5.11 Å². The second-order valence-electron chi connectivity index (χ2n) is 4.40. The van der Waals surface area contributed by atoms with E-state index in [-0.39, 0.29) is 5.69 Å². The van der Waals surface area contributed by atoms with Crippen LogP contribution < -0.4 is 0 Å². The van der Waals surface area contributed by atoms with Crippen LogP contribution in [0.4, 0.5) is 0 Å². The molecule has 18 heavy (non-hydrogen) atoms. The maximum absolute atomic E-state index is 11.0. The van der Waals surface area contributed by atoms with Crippen LogP contribution in [0.2, 0.25) is 0 Å². The molecule has 4 nitrogen and oxygen atoms in total. The van der Waals surface area contributed by atoms with Gasteiger partial charge in [0.1, 0.15) is 0 Å². The topological polar surface area (TPSA) is 55.1 Å². The fourth-order valence-corrected chi connectivity index (χ4v) is 2.44. The highest BCUT2D eigenvalue weighted by Crippen LogP contribution is 2.41. The van der Waals surface area contributed by atoms with Crippen molar-refractivity contribution < 1.29 is 9.90 Å². The molecule has 0 bridgehead atoms. The number of hydrogen-bond donors (Lipinski definition) is 1. The van der Waals surface area contributed by atoms with Crippen molar-refractivity contribution in [2.75, 3.05) is 0 Å². The molecule has 0 amide bonds. The van der Waals surface area contributed by atoms with Crippen molar-refractivity contribution in [1.29, 1.82) is 0 Å². The molecule has 1 aliphatic rings. The number of para-hydroxylation sites is 1. The maximum Gasteiger partial charge on any atom is 0.356 e. The Morgan fingerprint density at radius 1 is 1.39 bits per heavy atom. The van der Waals surface area contributed by atoms with Gasteiger partial charge in [-0.2, -0.15) is 5.10 Å². The van der Waals surface area contributed by atoms with Gasteiger partial charge in [-0.3, -0.25) is 0 Å². The normalized spacial score (nSPS) is 14.7. The summed E-state index contributed by atoms with van der Waals surface area (Å²) in [5, 5.41) is 13.2. The average molecular weight is 307 g/mol. The van der Waals surface area contributed by atoms with Gasteiger partial charge in [-0.05, 0) is 47.0 Å². The Kier molecular flexibility index (Phi) is 2.70. The summed E-state index contributed by atoms with van der Waals surface area (Å²) in [7, 11) is 0. The first kappa shape index (κ1) is 11.5. The summed E-state index contributed by atoms with van der Waals surface area (Å²) in [5.74, 6) is -0.541. The van der Waals surface area contributed by atoms with Gasteiger partial charge in [-0.1, -0.05) is 12.1 Å². The summed E-state index contributed by atoms with van der Waals surface area (Å²) < 4.78 is 2.65. The molecule has 0 aliphatic heterocycles. The molecule has 0 saturated heterocycles. The van der Waals surface area contributed by atoms with Crippen LogP contribution in [0.5, 0.6) is 0 Å². The second kappa shape index (κ2) is 4.24. The average Bonchev–Trinajstić information content (AvgIpc) is 3.09. The number of aromatic carboxylic acids is 1. The zero-order chi connectivity index (χ0) is 12.7. The Morgan fingerprint density at radius 3 is 2.72 bits per heavy atom. The highest BCUT2D eigenvalue weighted by molar-refractivity contribution is 9.10. The monoisotopic (exact) mass is 306 g/mol. The summed E-state index contributed by atoms with van der Waals surface area (Å²) in [6.45, 7) is 0. The molecule has 2 aromatic rings. The van der Waals surface area contributed by atoms with E-state index in [2.05, 4.69) is 21.0 Å². The minimum atomic E-state index is -0.984. The highest BCUT2D eigenvalue weighted by atomic mass is 79.9. The molecule has 1 N–H and O–H groups in total. The Bertz CT molecular complexity index is 617. The van der Waals surface area contributed by atoms with E-state index in [9.17, 15) is 4.79 Å². The molecule has 92 valence electrons. The summed E-state index contributed by atoms with van der Waals surface area (Å²) in [6, 6.07) is 9.37. The molecular formula is C13H11BrN2O2. The third-order valence-corrected chi connectivity index (χ3v) is 3.70. The van der Waals surface area contributed by atoms with Gasteiger partial charge in [0, 0.05) is 16.1 Å². The molecule has 0 spiro atoms. The molecule has 0 unspecified atom stereocenters. The number of carbonyl (C=O) groups is 1. The molecule has 1 aliphatic carbocycles. The van der Waals surface area contributed by atoms with Crippen LogP contribution in [-0.2, 0) is 0 Å². The van der Waals surface area contributed by atoms with Crippen molar-refractivity contribution in [1.82, 2.24) is 9.78 Å². The maximum atomic E-state index is 11.0. The Morgan fingerprint density at radius 2 is 2.11 bits per heavy atom. The molecule has 1 saturated carbocycles. The number of aromatic nitrogens is 2. The smallest absolute Gasteiger partial charge is 0.356 e. The van der Waals surface area contributed by atoms with Gasteiger partial charge in [0.15, 0.2) is 5.69 Å². The van der Waals surface area contributed by atoms with Crippen LogP contribution in [0.1, 0.15) is 34.9 Å². The van der Waals surface area contributed by atoms with Crippen molar-refractivity contribution in [2.45, 2.75) is 18.8 Å². The van der Waals surface area contributed by atoms with Gasteiger partial charge >= 0.3 is 5.97 Å². The molecule has 1 fully saturated rings.